The molecule has 0 aromatic heterocycles. The van der Waals surface area contributed by atoms with E-state index >= 15 is 0 Å². The molecule has 0 fully saturated rings. The summed E-state index contributed by atoms with van der Waals surface area (Å²) in [5.41, 5.74) is 1.11. The molecule has 0 spiro atoms. The Morgan fingerprint density at radius 2 is 1.68 bits per heavy atom. The Morgan fingerprint density at radius 1 is 1.00 bits per heavy atom. The van der Waals surface area contributed by atoms with Crippen molar-refractivity contribution in [3.8, 4) is 17.6 Å². The van der Waals surface area contributed by atoms with Gasteiger partial charge in [-0.2, -0.15) is 5.26 Å². The van der Waals surface area contributed by atoms with Crippen molar-refractivity contribution in [3.05, 3.63) is 59.2 Å². The fourth-order valence-electron chi connectivity index (χ4n) is 2.32. The van der Waals surface area contributed by atoms with Crippen LogP contribution in [0.15, 0.2) is 42.5 Å². The number of ketones is 1. The topological polar surface area (TPSA) is 85.6 Å². The number of nitriles is 1. The summed E-state index contributed by atoms with van der Waals surface area (Å²) in [6.45, 7) is 0.722. The highest BCUT2D eigenvalue weighted by Crippen LogP contribution is 2.30. The van der Waals surface area contributed by atoms with E-state index in [1.165, 1.54) is 24.3 Å². The number of Topliss-reactive ketones (excluding diaryl/α,β-unsaturated/α-hetero) is 1. The van der Waals surface area contributed by atoms with Crippen molar-refractivity contribution in [2.45, 2.75) is 6.42 Å². The smallest absolute Gasteiger partial charge is 0.338 e. The summed E-state index contributed by atoms with van der Waals surface area (Å²) in [6, 6.07) is 12.9. The summed E-state index contributed by atoms with van der Waals surface area (Å²) in [5.74, 6) is 0.162. The molecular formula is C19H15NO5. The summed E-state index contributed by atoms with van der Waals surface area (Å²) in [5, 5.41) is 8.74. The van der Waals surface area contributed by atoms with E-state index in [0.29, 0.717) is 35.8 Å². The lowest BCUT2D eigenvalue weighted by atomic mass is 10.1. The van der Waals surface area contributed by atoms with E-state index in [2.05, 4.69) is 0 Å². The van der Waals surface area contributed by atoms with E-state index in [-0.39, 0.29) is 18.0 Å². The van der Waals surface area contributed by atoms with Crippen molar-refractivity contribution in [1.29, 1.82) is 5.26 Å². The molecule has 0 unspecified atom stereocenters. The molecule has 6 nitrogen and oxygen atoms in total. The quantitative estimate of drug-likeness (QED) is 0.630. The Morgan fingerprint density at radius 3 is 2.40 bits per heavy atom. The first-order valence-electron chi connectivity index (χ1n) is 7.77. The first-order valence-corrected chi connectivity index (χ1v) is 7.77. The Hall–Kier alpha value is -3.33. The van der Waals surface area contributed by atoms with Crippen LogP contribution in [-0.4, -0.2) is 31.6 Å². The van der Waals surface area contributed by atoms with Gasteiger partial charge in [0.25, 0.3) is 0 Å². The fourth-order valence-corrected chi connectivity index (χ4v) is 2.32. The molecule has 6 heteroatoms. The second kappa shape index (κ2) is 7.49. The van der Waals surface area contributed by atoms with Crippen molar-refractivity contribution in [3.63, 3.8) is 0 Å². The van der Waals surface area contributed by atoms with E-state index in [1.54, 1.807) is 18.2 Å². The van der Waals surface area contributed by atoms with Crippen LogP contribution < -0.4 is 9.47 Å². The SMILES string of the molecule is N#Cc1ccc(C(=O)OCC(=O)c2ccc3c(c2)OCCCO3)cc1. The number of carbonyl (C=O) groups excluding carboxylic acids is 2. The molecule has 0 saturated carbocycles. The second-order valence-corrected chi connectivity index (χ2v) is 5.40. The number of benzene rings is 2. The first-order chi connectivity index (χ1) is 12.2. The van der Waals surface area contributed by atoms with Crippen molar-refractivity contribution < 1.29 is 23.8 Å². The van der Waals surface area contributed by atoms with Gasteiger partial charge >= 0.3 is 5.97 Å². The maximum absolute atomic E-state index is 12.2. The van der Waals surface area contributed by atoms with Gasteiger partial charge in [-0.25, -0.2) is 4.79 Å². The molecule has 1 heterocycles. The average molecular weight is 337 g/mol. The van der Waals surface area contributed by atoms with E-state index < -0.39 is 5.97 Å². The predicted octanol–water partition coefficient (Wildman–Crippen LogP) is 2.76. The van der Waals surface area contributed by atoms with E-state index in [9.17, 15) is 9.59 Å². The number of hydrogen-bond acceptors (Lipinski definition) is 6. The molecule has 25 heavy (non-hydrogen) atoms. The van der Waals surface area contributed by atoms with Crippen LogP contribution in [0.1, 0.15) is 32.7 Å². The predicted molar refractivity (Wildman–Crippen MR) is 87.8 cm³/mol. The van der Waals surface area contributed by atoms with Gasteiger partial charge in [0.1, 0.15) is 0 Å². The highest BCUT2D eigenvalue weighted by atomic mass is 16.5. The molecule has 0 radical (unpaired) electrons. The number of esters is 1. The zero-order valence-electron chi connectivity index (χ0n) is 13.4. The number of fused-ring (bicyclic) bond motifs is 1. The Balaban J connectivity index is 1.63. The van der Waals surface area contributed by atoms with Crippen LogP contribution in [-0.2, 0) is 4.74 Å². The van der Waals surface area contributed by atoms with Crippen LogP contribution in [0.4, 0.5) is 0 Å². The van der Waals surface area contributed by atoms with Gasteiger partial charge < -0.3 is 14.2 Å². The summed E-state index contributed by atoms with van der Waals surface area (Å²) in [7, 11) is 0. The Labute approximate surface area is 144 Å². The lowest BCUT2D eigenvalue weighted by Gasteiger charge is -2.09. The number of nitrogens with zero attached hydrogens (tertiary/aromatic N) is 1. The molecule has 0 bridgehead atoms. The molecule has 0 atom stereocenters. The number of ether oxygens (including phenoxy) is 3. The highest BCUT2D eigenvalue weighted by molar-refractivity contribution is 5.99. The summed E-state index contributed by atoms with van der Waals surface area (Å²) in [4.78, 5) is 24.2. The second-order valence-electron chi connectivity index (χ2n) is 5.40. The Kier molecular flexibility index (Phi) is 4.95. The molecule has 3 rings (SSSR count). The zero-order valence-corrected chi connectivity index (χ0v) is 13.4. The molecule has 126 valence electrons. The molecule has 0 amide bonds. The van der Waals surface area contributed by atoms with Crippen molar-refractivity contribution in [2.24, 2.45) is 0 Å². The fraction of sp³-hybridized carbons (Fsp3) is 0.211. The first kappa shape index (κ1) is 16.5. The lowest BCUT2D eigenvalue weighted by molar-refractivity contribution is 0.0474. The van der Waals surface area contributed by atoms with Crippen LogP contribution in [0.3, 0.4) is 0 Å². The molecule has 2 aromatic rings. The van der Waals surface area contributed by atoms with Gasteiger partial charge in [-0.1, -0.05) is 0 Å². The molecule has 0 N–H and O–H groups in total. The Bertz CT molecular complexity index is 836. The maximum Gasteiger partial charge on any atom is 0.338 e. The third-order valence-corrected chi connectivity index (χ3v) is 3.65. The molecule has 1 aliphatic rings. The minimum absolute atomic E-state index is 0.283. The molecule has 0 saturated heterocycles. The van der Waals surface area contributed by atoms with Gasteiger partial charge in [-0.3, -0.25) is 4.79 Å². The maximum atomic E-state index is 12.2. The van der Waals surface area contributed by atoms with Crippen molar-refractivity contribution >= 4 is 11.8 Å². The summed E-state index contributed by atoms with van der Waals surface area (Å²) in [6.07, 6.45) is 0.778. The van der Waals surface area contributed by atoms with E-state index in [1.807, 2.05) is 6.07 Å². The average Bonchev–Trinajstić information content (AvgIpc) is 2.90. The monoisotopic (exact) mass is 337 g/mol. The molecular weight excluding hydrogens is 322 g/mol. The summed E-state index contributed by atoms with van der Waals surface area (Å²) < 4.78 is 16.1. The number of carbonyl (C=O) groups is 2. The summed E-state index contributed by atoms with van der Waals surface area (Å²) >= 11 is 0. The number of hydrogen-bond donors (Lipinski definition) is 0. The minimum Gasteiger partial charge on any atom is -0.490 e. The zero-order chi connectivity index (χ0) is 17.6. The van der Waals surface area contributed by atoms with Gasteiger partial charge in [0, 0.05) is 12.0 Å². The third kappa shape index (κ3) is 3.96. The number of rotatable bonds is 4. The van der Waals surface area contributed by atoms with Crippen LogP contribution >= 0.6 is 0 Å². The van der Waals surface area contributed by atoms with E-state index in [4.69, 9.17) is 19.5 Å². The van der Waals surface area contributed by atoms with Crippen LogP contribution in [0.5, 0.6) is 11.5 Å². The van der Waals surface area contributed by atoms with Crippen molar-refractivity contribution in [2.75, 3.05) is 19.8 Å². The molecule has 1 aliphatic heterocycles. The van der Waals surface area contributed by atoms with Crippen LogP contribution in [0, 0.1) is 11.3 Å². The standard InChI is InChI=1S/C19H15NO5/c20-11-13-2-4-14(5-3-13)19(22)25-12-16(21)15-6-7-17-18(10-15)24-9-1-8-23-17/h2-7,10H,1,8-9,12H2. The van der Waals surface area contributed by atoms with Gasteiger partial charge in [0.2, 0.25) is 0 Å². The van der Waals surface area contributed by atoms with Crippen LogP contribution in [0.2, 0.25) is 0 Å². The molecule has 2 aromatic carbocycles. The van der Waals surface area contributed by atoms with Gasteiger partial charge in [-0.05, 0) is 42.5 Å². The third-order valence-electron chi connectivity index (χ3n) is 3.65. The largest absolute Gasteiger partial charge is 0.490 e. The van der Waals surface area contributed by atoms with E-state index in [0.717, 1.165) is 6.42 Å². The van der Waals surface area contributed by atoms with Gasteiger partial charge in [0.05, 0.1) is 30.4 Å². The minimum atomic E-state index is -0.618. The van der Waals surface area contributed by atoms with Gasteiger partial charge in [-0.15, -0.1) is 0 Å². The normalized spacial score (nSPS) is 12.6. The van der Waals surface area contributed by atoms with Crippen LogP contribution in [0.25, 0.3) is 0 Å². The van der Waals surface area contributed by atoms with Crippen molar-refractivity contribution in [1.82, 2.24) is 0 Å². The highest BCUT2D eigenvalue weighted by Gasteiger charge is 2.16. The molecule has 0 aliphatic carbocycles. The lowest BCUT2D eigenvalue weighted by Crippen LogP contribution is -2.14. The van der Waals surface area contributed by atoms with Gasteiger partial charge in [0.15, 0.2) is 23.9 Å².